The van der Waals surface area contributed by atoms with Crippen LogP contribution in [0.25, 0.3) is 0 Å². The number of hydrogen-bond donors (Lipinski definition) is 3. The third-order valence-corrected chi connectivity index (χ3v) is 4.83. The molecule has 3 amide bonds. The summed E-state index contributed by atoms with van der Waals surface area (Å²) in [5.74, 6) is -1.01. The molecule has 1 aliphatic heterocycles. The number of fused-ring (bicyclic) bond motifs is 1. The summed E-state index contributed by atoms with van der Waals surface area (Å²) in [5, 5.41) is 8.86. The third-order valence-electron chi connectivity index (χ3n) is 4.83. The van der Waals surface area contributed by atoms with Gasteiger partial charge in [0.2, 0.25) is 6.79 Å². The fourth-order valence-electron chi connectivity index (χ4n) is 3.09. The van der Waals surface area contributed by atoms with E-state index in [0.717, 1.165) is 5.56 Å². The number of benzene rings is 3. The second-order valence-electron chi connectivity index (χ2n) is 7.49. The standard InChI is InChI=1S/C25H21FN4O6/c26-18-5-7-19(8-6-18)29-23(31)14-34-20-3-1-2-16(10-20)13-28-30-25(33)24(32)27-12-17-4-9-21-22(11-17)36-15-35-21/h1-11,13H,12,14-15H2,(H,27,32)(H,29,31)(H,30,33)/b28-13-. The molecule has 10 nitrogen and oxygen atoms in total. The molecule has 0 fully saturated rings. The van der Waals surface area contributed by atoms with Gasteiger partial charge in [0.05, 0.1) is 6.21 Å². The van der Waals surface area contributed by atoms with Crippen molar-refractivity contribution in [3.05, 3.63) is 83.7 Å². The number of nitrogens with zero attached hydrogens (tertiary/aromatic N) is 1. The zero-order chi connectivity index (χ0) is 25.3. The van der Waals surface area contributed by atoms with Gasteiger partial charge in [-0.3, -0.25) is 14.4 Å². The van der Waals surface area contributed by atoms with Crippen molar-refractivity contribution in [2.75, 3.05) is 18.7 Å². The van der Waals surface area contributed by atoms with Gasteiger partial charge in [-0.2, -0.15) is 5.10 Å². The highest BCUT2D eigenvalue weighted by Gasteiger charge is 2.15. The maximum absolute atomic E-state index is 12.9. The number of hydrazone groups is 1. The van der Waals surface area contributed by atoms with Gasteiger partial charge in [0.1, 0.15) is 11.6 Å². The van der Waals surface area contributed by atoms with Gasteiger partial charge < -0.3 is 24.8 Å². The van der Waals surface area contributed by atoms with Crippen molar-refractivity contribution < 1.29 is 33.0 Å². The van der Waals surface area contributed by atoms with Crippen LogP contribution >= 0.6 is 0 Å². The van der Waals surface area contributed by atoms with Crippen LogP contribution in [-0.4, -0.2) is 37.3 Å². The third kappa shape index (κ3) is 6.79. The SMILES string of the molecule is O=C(COc1cccc(/C=N\NC(=O)C(=O)NCc2ccc3c(c2)OCO3)c1)Nc1ccc(F)cc1. The van der Waals surface area contributed by atoms with Gasteiger partial charge in [-0.05, 0) is 59.7 Å². The molecule has 1 heterocycles. The first kappa shape index (κ1) is 24.2. The quantitative estimate of drug-likeness (QED) is 0.252. The number of carbonyl (C=O) groups excluding carboxylic acids is 3. The average Bonchev–Trinajstić information content (AvgIpc) is 3.35. The van der Waals surface area contributed by atoms with Crippen molar-refractivity contribution in [2.45, 2.75) is 6.54 Å². The van der Waals surface area contributed by atoms with Crippen molar-refractivity contribution in [3.8, 4) is 17.2 Å². The number of amides is 3. The number of nitrogens with one attached hydrogen (secondary N) is 3. The number of halogens is 1. The van der Waals surface area contributed by atoms with Crippen LogP contribution in [0.2, 0.25) is 0 Å². The first-order chi connectivity index (χ1) is 17.5. The van der Waals surface area contributed by atoms with Crippen LogP contribution in [0.5, 0.6) is 17.2 Å². The van der Waals surface area contributed by atoms with Crippen molar-refractivity contribution in [2.24, 2.45) is 5.10 Å². The summed E-state index contributed by atoms with van der Waals surface area (Å²) in [4.78, 5) is 36.0. The monoisotopic (exact) mass is 492 g/mol. The lowest BCUT2D eigenvalue weighted by Gasteiger charge is -2.08. The highest BCUT2D eigenvalue weighted by Crippen LogP contribution is 2.32. The summed E-state index contributed by atoms with van der Waals surface area (Å²) in [7, 11) is 0. The molecule has 3 aromatic carbocycles. The molecule has 1 aliphatic rings. The summed E-state index contributed by atoms with van der Waals surface area (Å²) in [6.45, 7) is 0.00637. The van der Waals surface area contributed by atoms with Gasteiger partial charge >= 0.3 is 11.8 Å². The van der Waals surface area contributed by atoms with E-state index in [1.807, 2.05) is 0 Å². The molecule has 0 atom stereocenters. The van der Waals surface area contributed by atoms with Crippen LogP contribution in [0.3, 0.4) is 0 Å². The molecule has 3 N–H and O–H groups in total. The summed E-state index contributed by atoms with van der Waals surface area (Å²) >= 11 is 0. The zero-order valence-corrected chi connectivity index (χ0v) is 18.8. The van der Waals surface area contributed by atoms with E-state index < -0.39 is 23.5 Å². The molecular weight excluding hydrogens is 471 g/mol. The Morgan fingerprint density at radius 3 is 2.61 bits per heavy atom. The lowest BCUT2D eigenvalue weighted by molar-refractivity contribution is -0.139. The lowest BCUT2D eigenvalue weighted by Crippen LogP contribution is -2.37. The number of carbonyl (C=O) groups is 3. The number of rotatable bonds is 8. The maximum Gasteiger partial charge on any atom is 0.329 e. The number of hydrogen-bond acceptors (Lipinski definition) is 7. The summed E-state index contributed by atoms with van der Waals surface area (Å²) in [6.07, 6.45) is 1.33. The Kier molecular flexibility index (Phi) is 7.71. The minimum atomic E-state index is -0.933. The summed E-state index contributed by atoms with van der Waals surface area (Å²) < 4.78 is 28.9. The Labute approximate surface area is 205 Å². The van der Waals surface area contributed by atoms with Crippen molar-refractivity contribution in [1.29, 1.82) is 0 Å². The summed E-state index contributed by atoms with van der Waals surface area (Å²) in [6, 6.07) is 17.2. The van der Waals surface area contributed by atoms with Crippen molar-refractivity contribution in [1.82, 2.24) is 10.7 Å². The second kappa shape index (κ2) is 11.5. The van der Waals surface area contributed by atoms with Crippen LogP contribution in [0.4, 0.5) is 10.1 Å². The van der Waals surface area contributed by atoms with E-state index in [0.29, 0.717) is 28.5 Å². The topological polar surface area (TPSA) is 127 Å². The Hall–Kier alpha value is -4.93. The molecule has 0 saturated carbocycles. The zero-order valence-electron chi connectivity index (χ0n) is 18.8. The molecule has 36 heavy (non-hydrogen) atoms. The van der Waals surface area contributed by atoms with Gasteiger partial charge in [0.25, 0.3) is 5.91 Å². The molecule has 0 saturated heterocycles. The van der Waals surface area contributed by atoms with Crippen LogP contribution in [0.15, 0.2) is 71.8 Å². The molecule has 0 spiro atoms. The van der Waals surface area contributed by atoms with Crippen molar-refractivity contribution >= 4 is 29.6 Å². The van der Waals surface area contributed by atoms with E-state index in [1.165, 1.54) is 30.5 Å². The Bertz CT molecular complexity index is 1300. The Morgan fingerprint density at radius 2 is 1.78 bits per heavy atom. The van der Waals surface area contributed by atoms with E-state index in [4.69, 9.17) is 14.2 Å². The predicted octanol–water partition coefficient (Wildman–Crippen LogP) is 2.34. The Morgan fingerprint density at radius 1 is 0.972 bits per heavy atom. The van der Waals surface area contributed by atoms with E-state index in [1.54, 1.807) is 42.5 Å². The minimum absolute atomic E-state index is 0.126. The first-order valence-electron chi connectivity index (χ1n) is 10.7. The predicted molar refractivity (Wildman–Crippen MR) is 127 cm³/mol. The van der Waals surface area contributed by atoms with Crippen LogP contribution < -0.4 is 30.3 Å². The highest BCUT2D eigenvalue weighted by molar-refractivity contribution is 6.35. The molecule has 0 unspecified atom stereocenters. The van der Waals surface area contributed by atoms with E-state index >= 15 is 0 Å². The molecule has 0 aliphatic carbocycles. The van der Waals surface area contributed by atoms with Gasteiger partial charge in [-0.1, -0.05) is 18.2 Å². The molecule has 184 valence electrons. The van der Waals surface area contributed by atoms with Gasteiger partial charge in [-0.15, -0.1) is 0 Å². The van der Waals surface area contributed by atoms with Gasteiger partial charge in [-0.25, -0.2) is 9.82 Å². The number of anilines is 1. The van der Waals surface area contributed by atoms with Crippen LogP contribution in [0, 0.1) is 5.82 Å². The molecular formula is C25H21FN4O6. The molecule has 0 bridgehead atoms. The van der Waals surface area contributed by atoms with E-state index in [9.17, 15) is 18.8 Å². The normalized spacial score (nSPS) is 11.7. The number of ether oxygens (including phenoxy) is 3. The van der Waals surface area contributed by atoms with E-state index in [2.05, 4.69) is 21.2 Å². The lowest BCUT2D eigenvalue weighted by atomic mass is 10.2. The smallest absolute Gasteiger partial charge is 0.329 e. The Balaban J connectivity index is 1.21. The molecule has 11 heteroatoms. The molecule has 3 aromatic rings. The molecule has 0 radical (unpaired) electrons. The van der Waals surface area contributed by atoms with Crippen LogP contribution in [0.1, 0.15) is 11.1 Å². The highest BCUT2D eigenvalue weighted by atomic mass is 19.1. The first-order valence-corrected chi connectivity index (χ1v) is 10.7. The van der Waals surface area contributed by atoms with Gasteiger partial charge in [0, 0.05) is 12.2 Å². The summed E-state index contributed by atoms with van der Waals surface area (Å²) in [5.41, 5.74) is 3.90. The van der Waals surface area contributed by atoms with E-state index in [-0.39, 0.29) is 19.9 Å². The minimum Gasteiger partial charge on any atom is -0.484 e. The fraction of sp³-hybridized carbons (Fsp3) is 0.120. The molecule has 4 rings (SSSR count). The second-order valence-corrected chi connectivity index (χ2v) is 7.49. The fourth-order valence-corrected chi connectivity index (χ4v) is 3.09. The average molecular weight is 492 g/mol. The molecule has 0 aromatic heterocycles. The van der Waals surface area contributed by atoms with Crippen LogP contribution in [-0.2, 0) is 20.9 Å². The van der Waals surface area contributed by atoms with Crippen molar-refractivity contribution in [3.63, 3.8) is 0 Å². The largest absolute Gasteiger partial charge is 0.484 e. The van der Waals surface area contributed by atoms with Gasteiger partial charge in [0.15, 0.2) is 18.1 Å². The maximum atomic E-state index is 12.9.